The summed E-state index contributed by atoms with van der Waals surface area (Å²) in [5.74, 6) is 0. The fraction of sp³-hybridized carbons (Fsp3) is 0. The van der Waals surface area contributed by atoms with Crippen molar-refractivity contribution in [3.05, 3.63) is 146 Å². The SMILES string of the molecule is c1ccc2c(c1)oc1c2c(-c2c3ccccc3c(-c3cc4ccoc4c4c3oc3ccccc34)c3ccccc23)cc2oc3ccccc3c21. The van der Waals surface area contributed by atoms with E-state index < -0.39 is 0 Å². The van der Waals surface area contributed by atoms with E-state index in [1.807, 2.05) is 36.4 Å². The first-order chi connectivity index (χ1) is 24.8. The highest BCUT2D eigenvalue weighted by molar-refractivity contribution is 6.32. The van der Waals surface area contributed by atoms with E-state index in [1.54, 1.807) is 6.26 Å². The molecule has 0 amide bonds. The van der Waals surface area contributed by atoms with Crippen LogP contribution in [0.5, 0.6) is 0 Å². The van der Waals surface area contributed by atoms with Crippen molar-refractivity contribution in [1.29, 1.82) is 0 Å². The topological polar surface area (TPSA) is 52.6 Å². The van der Waals surface area contributed by atoms with Gasteiger partial charge in [0, 0.05) is 38.1 Å². The molecule has 0 aliphatic carbocycles. The molecule has 0 saturated heterocycles. The second-order valence-electron chi connectivity index (χ2n) is 13.1. The van der Waals surface area contributed by atoms with Crippen LogP contribution in [0.25, 0.3) is 121 Å². The van der Waals surface area contributed by atoms with Crippen LogP contribution < -0.4 is 0 Å². The van der Waals surface area contributed by atoms with E-state index in [4.69, 9.17) is 17.7 Å². The minimum Gasteiger partial charge on any atom is -0.464 e. The van der Waals surface area contributed by atoms with Crippen molar-refractivity contribution in [2.45, 2.75) is 0 Å². The molecule has 4 heterocycles. The van der Waals surface area contributed by atoms with Crippen LogP contribution in [0.1, 0.15) is 0 Å². The van der Waals surface area contributed by atoms with Crippen LogP contribution >= 0.6 is 0 Å². The summed E-state index contributed by atoms with van der Waals surface area (Å²) >= 11 is 0. The molecule has 12 aromatic rings. The molecule has 0 atom stereocenters. The highest BCUT2D eigenvalue weighted by Gasteiger charge is 2.26. The largest absolute Gasteiger partial charge is 0.464 e. The van der Waals surface area contributed by atoms with E-state index in [-0.39, 0.29) is 0 Å². The number of rotatable bonds is 2. The first-order valence-corrected chi connectivity index (χ1v) is 16.8. The highest BCUT2D eigenvalue weighted by Crippen LogP contribution is 2.51. The number of hydrogen-bond donors (Lipinski definition) is 0. The van der Waals surface area contributed by atoms with Gasteiger partial charge in [-0.2, -0.15) is 0 Å². The first kappa shape index (κ1) is 26.2. The molecule has 0 bridgehead atoms. The number of fused-ring (bicyclic) bond motifs is 14. The summed E-state index contributed by atoms with van der Waals surface area (Å²) in [6, 6.07) is 48.7. The van der Waals surface area contributed by atoms with Crippen molar-refractivity contribution in [3.8, 4) is 22.3 Å². The lowest BCUT2D eigenvalue weighted by Gasteiger charge is -2.18. The normalized spacial score (nSPS) is 12.4. The zero-order valence-electron chi connectivity index (χ0n) is 26.5. The third-order valence-corrected chi connectivity index (χ3v) is 10.5. The molecular weight excluding hydrogens is 617 g/mol. The number of furan rings is 4. The predicted molar refractivity (Wildman–Crippen MR) is 204 cm³/mol. The Hall–Kier alpha value is -6.78. The average molecular weight is 641 g/mol. The summed E-state index contributed by atoms with van der Waals surface area (Å²) in [6.45, 7) is 0. The van der Waals surface area contributed by atoms with Gasteiger partial charge < -0.3 is 17.7 Å². The second-order valence-corrected chi connectivity index (χ2v) is 13.1. The Morgan fingerprint density at radius 2 is 0.800 bits per heavy atom. The molecular formula is C46H24O4. The van der Waals surface area contributed by atoms with Crippen molar-refractivity contribution in [3.63, 3.8) is 0 Å². The number of para-hydroxylation sites is 3. The van der Waals surface area contributed by atoms with E-state index >= 15 is 0 Å². The molecule has 0 radical (unpaired) electrons. The van der Waals surface area contributed by atoms with Gasteiger partial charge >= 0.3 is 0 Å². The zero-order chi connectivity index (χ0) is 32.5. The van der Waals surface area contributed by atoms with Crippen LogP contribution in [-0.2, 0) is 0 Å². The minimum absolute atomic E-state index is 0.805. The van der Waals surface area contributed by atoms with Crippen LogP contribution in [0.2, 0.25) is 0 Å². The predicted octanol–water partition coefficient (Wildman–Crippen LogP) is 13.8. The van der Waals surface area contributed by atoms with Crippen molar-refractivity contribution in [2.75, 3.05) is 0 Å². The summed E-state index contributed by atoms with van der Waals surface area (Å²) in [4.78, 5) is 0. The molecule has 0 spiro atoms. The molecule has 8 aromatic carbocycles. The maximum Gasteiger partial charge on any atom is 0.147 e. The van der Waals surface area contributed by atoms with Crippen LogP contribution in [-0.4, -0.2) is 0 Å². The summed E-state index contributed by atoms with van der Waals surface area (Å²) in [5.41, 5.74) is 10.2. The molecule has 0 aliphatic rings. The number of benzene rings is 8. The maximum absolute atomic E-state index is 6.74. The minimum atomic E-state index is 0.805. The Morgan fingerprint density at radius 3 is 1.42 bits per heavy atom. The van der Waals surface area contributed by atoms with Gasteiger partial charge in [0.25, 0.3) is 0 Å². The van der Waals surface area contributed by atoms with Gasteiger partial charge in [0.1, 0.15) is 39.1 Å². The standard InChI is InChI=1S/C46H24O4/c1-3-13-28-26(11-1)39(33-24-38-42(31-16-6-8-18-35(31)48-38)46-41(33)30-15-5-9-19-36(30)50-46)27-12-2-4-14-29(27)40(28)34-23-25-21-22-47-44(25)43-32-17-7-10-20-37(32)49-45(34)43/h1-24H. The smallest absolute Gasteiger partial charge is 0.147 e. The molecule has 4 aromatic heterocycles. The molecule has 232 valence electrons. The van der Waals surface area contributed by atoms with Crippen LogP contribution in [0, 0.1) is 0 Å². The Bertz CT molecular complexity index is 3330. The van der Waals surface area contributed by atoms with Gasteiger partial charge in [-0.05, 0) is 69.1 Å². The fourth-order valence-corrected chi connectivity index (χ4v) is 8.50. The van der Waals surface area contributed by atoms with Crippen molar-refractivity contribution >= 4 is 98.3 Å². The van der Waals surface area contributed by atoms with E-state index in [1.165, 1.54) is 0 Å². The molecule has 4 nitrogen and oxygen atoms in total. The van der Waals surface area contributed by atoms with Crippen molar-refractivity contribution in [2.24, 2.45) is 0 Å². The quantitative estimate of drug-likeness (QED) is 0.176. The van der Waals surface area contributed by atoms with E-state index in [9.17, 15) is 0 Å². The third-order valence-electron chi connectivity index (χ3n) is 10.5. The van der Waals surface area contributed by atoms with Gasteiger partial charge in [0.2, 0.25) is 0 Å². The Kier molecular flexibility index (Phi) is 4.94. The molecule has 50 heavy (non-hydrogen) atoms. The van der Waals surface area contributed by atoms with Crippen LogP contribution in [0.15, 0.2) is 163 Å². The molecule has 0 fully saturated rings. The Labute approximate surface area is 283 Å². The molecule has 0 saturated carbocycles. The Balaban J connectivity index is 1.29. The lowest BCUT2D eigenvalue weighted by molar-refractivity contribution is 0.618. The van der Waals surface area contributed by atoms with Crippen molar-refractivity contribution < 1.29 is 17.7 Å². The lowest BCUT2D eigenvalue weighted by atomic mass is 9.84. The van der Waals surface area contributed by atoms with Gasteiger partial charge in [-0.3, -0.25) is 0 Å². The Morgan fingerprint density at radius 1 is 0.320 bits per heavy atom. The summed E-state index contributed by atoms with van der Waals surface area (Å²) < 4.78 is 26.1. The summed E-state index contributed by atoms with van der Waals surface area (Å²) in [7, 11) is 0. The monoisotopic (exact) mass is 640 g/mol. The van der Waals surface area contributed by atoms with Crippen molar-refractivity contribution in [1.82, 2.24) is 0 Å². The average Bonchev–Trinajstić information content (AvgIpc) is 3.95. The summed E-state index contributed by atoms with van der Waals surface area (Å²) in [5, 5.41) is 11.8. The molecule has 12 rings (SSSR count). The molecule has 4 heteroatoms. The van der Waals surface area contributed by atoms with Crippen LogP contribution in [0.4, 0.5) is 0 Å². The van der Waals surface area contributed by atoms with Gasteiger partial charge in [-0.1, -0.05) is 103 Å². The van der Waals surface area contributed by atoms with Gasteiger partial charge in [0.15, 0.2) is 0 Å². The van der Waals surface area contributed by atoms with Gasteiger partial charge in [-0.25, -0.2) is 0 Å². The van der Waals surface area contributed by atoms with Gasteiger partial charge in [-0.15, -0.1) is 0 Å². The van der Waals surface area contributed by atoms with E-state index in [2.05, 4.69) is 103 Å². The lowest BCUT2D eigenvalue weighted by Crippen LogP contribution is -1.92. The van der Waals surface area contributed by atoms with Gasteiger partial charge in [0.05, 0.1) is 17.0 Å². The fourth-order valence-electron chi connectivity index (χ4n) is 8.50. The molecule has 0 aliphatic heterocycles. The summed E-state index contributed by atoms with van der Waals surface area (Å²) in [6.07, 6.45) is 1.77. The molecule has 0 unspecified atom stereocenters. The first-order valence-electron chi connectivity index (χ1n) is 16.8. The second kappa shape index (κ2) is 9.43. The zero-order valence-corrected chi connectivity index (χ0v) is 26.5. The number of hydrogen-bond acceptors (Lipinski definition) is 4. The third kappa shape index (κ3) is 3.30. The van der Waals surface area contributed by atoms with E-state index in [0.717, 1.165) is 121 Å². The maximum atomic E-state index is 6.74. The molecule has 0 N–H and O–H groups in total. The highest BCUT2D eigenvalue weighted by atomic mass is 16.4. The van der Waals surface area contributed by atoms with E-state index in [0.29, 0.717) is 0 Å². The van der Waals surface area contributed by atoms with Crippen LogP contribution in [0.3, 0.4) is 0 Å².